The van der Waals surface area contributed by atoms with Gasteiger partial charge in [-0.05, 0) is 58.5 Å². The molecular formula is C15H16ClIN2O. The predicted molar refractivity (Wildman–Crippen MR) is 90.5 cm³/mol. The van der Waals surface area contributed by atoms with Crippen LogP contribution in [0.3, 0.4) is 0 Å². The minimum atomic E-state index is 0.0529. The Morgan fingerprint density at radius 1 is 1.30 bits per heavy atom. The van der Waals surface area contributed by atoms with Crippen LogP contribution in [0, 0.1) is 3.57 Å². The zero-order valence-corrected chi connectivity index (χ0v) is 14.3. The normalized spacial score (nSPS) is 12.2. The van der Waals surface area contributed by atoms with E-state index in [0.29, 0.717) is 0 Å². The highest BCUT2D eigenvalue weighted by Gasteiger charge is 2.15. The van der Waals surface area contributed by atoms with E-state index in [1.807, 2.05) is 24.4 Å². The van der Waals surface area contributed by atoms with Crippen LogP contribution < -0.4 is 10.1 Å². The largest absolute Gasteiger partial charge is 0.495 e. The summed E-state index contributed by atoms with van der Waals surface area (Å²) in [6, 6.07) is 8.15. The number of aromatic nitrogens is 1. The zero-order chi connectivity index (χ0) is 14.5. The molecule has 20 heavy (non-hydrogen) atoms. The van der Waals surface area contributed by atoms with Crippen molar-refractivity contribution in [2.75, 3.05) is 13.7 Å². The van der Waals surface area contributed by atoms with Gasteiger partial charge in [-0.3, -0.25) is 4.98 Å². The van der Waals surface area contributed by atoms with E-state index in [2.05, 4.69) is 45.9 Å². The molecule has 1 N–H and O–H groups in total. The standard InChI is InChI=1S/C15H16ClIN2O/c1-3-19-15(10-4-5-14(17)13(16)7-10)11-6-12(20-2)9-18-8-11/h4-9,15,19H,3H2,1-2H3. The lowest BCUT2D eigenvalue weighted by atomic mass is 10.00. The molecule has 0 saturated heterocycles. The predicted octanol–water partition coefficient (Wildman–Crippen LogP) is 4.05. The van der Waals surface area contributed by atoms with Crippen LogP contribution in [0.2, 0.25) is 5.02 Å². The Morgan fingerprint density at radius 2 is 2.10 bits per heavy atom. The highest BCUT2D eigenvalue weighted by Crippen LogP contribution is 2.28. The van der Waals surface area contributed by atoms with Gasteiger partial charge in [-0.2, -0.15) is 0 Å². The van der Waals surface area contributed by atoms with Gasteiger partial charge < -0.3 is 10.1 Å². The highest BCUT2D eigenvalue weighted by molar-refractivity contribution is 14.1. The quantitative estimate of drug-likeness (QED) is 0.766. The maximum absolute atomic E-state index is 6.23. The molecule has 0 bridgehead atoms. The molecule has 0 aliphatic carbocycles. The van der Waals surface area contributed by atoms with E-state index in [4.69, 9.17) is 16.3 Å². The van der Waals surface area contributed by atoms with Crippen molar-refractivity contribution in [2.45, 2.75) is 13.0 Å². The van der Waals surface area contributed by atoms with Gasteiger partial charge in [-0.25, -0.2) is 0 Å². The van der Waals surface area contributed by atoms with Crippen molar-refractivity contribution in [2.24, 2.45) is 0 Å². The second-order valence-electron chi connectivity index (χ2n) is 4.32. The first-order chi connectivity index (χ1) is 9.65. The van der Waals surface area contributed by atoms with E-state index >= 15 is 0 Å². The average molecular weight is 403 g/mol. The van der Waals surface area contributed by atoms with E-state index in [1.54, 1.807) is 13.3 Å². The molecule has 0 aliphatic rings. The molecular weight excluding hydrogens is 387 g/mol. The van der Waals surface area contributed by atoms with Crippen LogP contribution in [0.25, 0.3) is 0 Å². The molecule has 2 rings (SSSR count). The first kappa shape index (κ1) is 15.5. The minimum absolute atomic E-state index is 0.0529. The molecule has 3 nitrogen and oxygen atoms in total. The third-order valence-electron chi connectivity index (χ3n) is 2.99. The smallest absolute Gasteiger partial charge is 0.137 e. The van der Waals surface area contributed by atoms with E-state index in [-0.39, 0.29) is 6.04 Å². The lowest BCUT2D eigenvalue weighted by molar-refractivity contribution is 0.411. The van der Waals surface area contributed by atoms with Crippen molar-refractivity contribution in [3.05, 3.63) is 56.4 Å². The second-order valence-corrected chi connectivity index (χ2v) is 5.89. The average Bonchev–Trinajstić information content (AvgIpc) is 2.48. The van der Waals surface area contributed by atoms with Crippen LogP contribution in [-0.4, -0.2) is 18.6 Å². The minimum Gasteiger partial charge on any atom is -0.495 e. The second kappa shape index (κ2) is 7.24. The Balaban J connectivity index is 2.41. The number of hydrogen-bond acceptors (Lipinski definition) is 3. The maximum Gasteiger partial charge on any atom is 0.137 e. The molecule has 0 saturated carbocycles. The number of methoxy groups -OCH3 is 1. The number of rotatable bonds is 5. The van der Waals surface area contributed by atoms with Crippen molar-refractivity contribution < 1.29 is 4.74 Å². The summed E-state index contributed by atoms with van der Waals surface area (Å²) in [6.07, 6.45) is 3.55. The van der Waals surface area contributed by atoms with E-state index < -0.39 is 0 Å². The summed E-state index contributed by atoms with van der Waals surface area (Å²) in [6.45, 7) is 2.93. The summed E-state index contributed by atoms with van der Waals surface area (Å²) in [5.41, 5.74) is 2.18. The highest BCUT2D eigenvalue weighted by atomic mass is 127. The van der Waals surface area contributed by atoms with Gasteiger partial charge in [0.1, 0.15) is 5.75 Å². The molecule has 1 atom stereocenters. The van der Waals surface area contributed by atoms with E-state index in [9.17, 15) is 0 Å². The molecule has 1 aromatic heterocycles. The van der Waals surface area contributed by atoms with Gasteiger partial charge in [0.05, 0.1) is 24.4 Å². The summed E-state index contributed by atoms with van der Waals surface area (Å²) in [4.78, 5) is 4.22. The number of nitrogens with zero attached hydrogens (tertiary/aromatic N) is 1. The Morgan fingerprint density at radius 3 is 2.75 bits per heavy atom. The number of benzene rings is 1. The van der Waals surface area contributed by atoms with E-state index in [0.717, 1.165) is 32.0 Å². The van der Waals surface area contributed by atoms with Gasteiger partial charge in [0.2, 0.25) is 0 Å². The summed E-state index contributed by atoms with van der Waals surface area (Å²) >= 11 is 8.46. The number of pyridine rings is 1. The summed E-state index contributed by atoms with van der Waals surface area (Å²) in [5, 5.41) is 4.22. The number of hydrogen-bond donors (Lipinski definition) is 1. The van der Waals surface area contributed by atoms with Gasteiger partial charge in [0.25, 0.3) is 0 Å². The molecule has 1 unspecified atom stereocenters. The van der Waals surface area contributed by atoms with Crippen molar-refractivity contribution in [3.8, 4) is 5.75 Å². The van der Waals surface area contributed by atoms with Crippen LogP contribution in [0.1, 0.15) is 24.1 Å². The molecule has 0 radical (unpaired) electrons. The number of ether oxygens (including phenoxy) is 1. The SMILES string of the molecule is CCNC(c1cncc(OC)c1)c1ccc(I)c(Cl)c1. The zero-order valence-electron chi connectivity index (χ0n) is 11.4. The molecule has 0 spiro atoms. The Bertz CT molecular complexity index is 592. The molecule has 0 aliphatic heterocycles. The fraction of sp³-hybridized carbons (Fsp3) is 0.267. The van der Waals surface area contributed by atoms with Crippen molar-refractivity contribution in [1.29, 1.82) is 0 Å². The van der Waals surface area contributed by atoms with Crippen LogP contribution in [0.5, 0.6) is 5.75 Å². The lowest BCUT2D eigenvalue weighted by Gasteiger charge is -2.19. The van der Waals surface area contributed by atoms with Crippen LogP contribution in [0.4, 0.5) is 0 Å². The van der Waals surface area contributed by atoms with Gasteiger partial charge in [-0.15, -0.1) is 0 Å². The van der Waals surface area contributed by atoms with Crippen LogP contribution in [-0.2, 0) is 0 Å². The first-order valence-corrected chi connectivity index (χ1v) is 7.78. The van der Waals surface area contributed by atoms with Crippen LogP contribution >= 0.6 is 34.2 Å². The fourth-order valence-corrected chi connectivity index (χ4v) is 2.55. The third kappa shape index (κ3) is 3.62. The van der Waals surface area contributed by atoms with E-state index in [1.165, 1.54) is 0 Å². The van der Waals surface area contributed by atoms with Crippen molar-refractivity contribution in [3.63, 3.8) is 0 Å². The maximum atomic E-state index is 6.23. The topological polar surface area (TPSA) is 34.2 Å². The van der Waals surface area contributed by atoms with Crippen molar-refractivity contribution >= 4 is 34.2 Å². The Kier molecular flexibility index (Phi) is 5.63. The summed E-state index contributed by atoms with van der Waals surface area (Å²) < 4.78 is 6.29. The number of nitrogens with one attached hydrogen (secondary N) is 1. The van der Waals surface area contributed by atoms with Gasteiger partial charge in [0, 0.05) is 9.77 Å². The summed E-state index contributed by atoms with van der Waals surface area (Å²) in [7, 11) is 1.64. The molecule has 0 fully saturated rings. The Labute approximate surface area is 137 Å². The Hall–Kier alpha value is -0.850. The molecule has 5 heteroatoms. The first-order valence-electron chi connectivity index (χ1n) is 6.33. The molecule has 2 aromatic rings. The van der Waals surface area contributed by atoms with Gasteiger partial charge in [0.15, 0.2) is 0 Å². The van der Waals surface area contributed by atoms with Gasteiger partial charge in [-0.1, -0.05) is 24.6 Å². The molecule has 1 aromatic carbocycles. The lowest BCUT2D eigenvalue weighted by Crippen LogP contribution is -2.22. The van der Waals surface area contributed by atoms with Crippen molar-refractivity contribution in [1.82, 2.24) is 10.3 Å². The number of halogens is 2. The van der Waals surface area contributed by atoms with Gasteiger partial charge >= 0.3 is 0 Å². The fourth-order valence-electron chi connectivity index (χ4n) is 2.03. The molecule has 106 valence electrons. The summed E-state index contributed by atoms with van der Waals surface area (Å²) in [5.74, 6) is 0.752. The molecule has 0 amide bonds. The molecule has 1 heterocycles. The monoisotopic (exact) mass is 402 g/mol. The third-order valence-corrected chi connectivity index (χ3v) is 4.56. The van der Waals surface area contributed by atoms with Crippen LogP contribution in [0.15, 0.2) is 36.7 Å².